The predicted molar refractivity (Wildman–Crippen MR) is 48.5 cm³/mol. The van der Waals surface area contributed by atoms with E-state index in [1.54, 1.807) is 0 Å². The van der Waals surface area contributed by atoms with E-state index in [4.69, 9.17) is 5.73 Å². The molecule has 1 fully saturated rings. The van der Waals surface area contributed by atoms with E-state index in [-0.39, 0.29) is 0 Å². The number of hydrogen-bond acceptors (Lipinski definition) is 2. The van der Waals surface area contributed by atoms with Crippen LogP contribution >= 0.6 is 0 Å². The topological polar surface area (TPSA) is 29.3 Å². The fourth-order valence-electron chi connectivity index (χ4n) is 1.96. The second-order valence-corrected chi connectivity index (χ2v) is 4.51. The number of piperidine rings is 1. The van der Waals surface area contributed by atoms with Crippen LogP contribution in [0.25, 0.3) is 0 Å². The lowest BCUT2D eigenvalue weighted by molar-refractivity contribution is 0.0913. The van der Waals surface area contributed by atoms with Gasteiger partial charge in [-0.3, -0.25) is 0 Å². The maximum absolute atomic E-state index is 5.64. The Balaban J connectivity index is 2.48. The Morgan fingerprint density at radius 3 is 2.64 bits per heavy atom. The zero-order valence-electron chi connectivity index (χ0n) is 7.93. The normalized spacial score (nSPS) is 32.2. The van der Waals surface area contributed by atoms with Crippen LogP contribution < -0.4 is 5.73 Å². The molecule has 2 heteroatoms. The summed E-state index contributed by atoms with van der Waals surface area (Å²) >= 11 is 0. The summed E-state index contributed by atoms with van der Waals surface area (Å²) in [4.78, 5) is 2.39. The summed E-state index contributed by atoms with van der Waals surface area (Å²) in [7, 11) is 2.18. The Morgan fingerprint density at radius 1 is 1.55 bits per heavy atom. The first-order valence-corrected chi connectivity index (χ1v) is 4.45. The molecule has 0 bridgehead atoms. The van der Waals surface area contributed by atoms with E-state index < -0.39 is 0 Å². The lowest BCUT2D eigenvalue weighted by Crippen LogP contribution is -2.47. The number of nitrogens with zero attached hydrogens (tertiary/aromatic N) is 1. The Labute approximate surface area is 69.8 Å². The maximum Gasteiger partial charge on any atom is 0.0215 e. The molecule has 1 atom stereocenters. The Hall–Kier alpha value is -0.0800. The van der Waals surface area contributed by atoms with Crippen molar-refractivity contribution in [3.8, 4) is 0 Å². The molecule has 1 saturated heterocycles. The number of likely N-dealkylation sites (N-methyl/N-ethyl adjacent to an activating group) is 1. The molecule has 1 aliphatic heterocycles. The Morgan fingerprint density at radius 2 is 2.18 bits per heavy atom. The molecule has 1 aliphatic rings. The highest BCUT2D eigenvalue weighted by Crippen LogP contribution is 2.30. The monoisotopic (exact) mass is 156 g/mol. The van der Waals surface area contributed by atoms with Gasteiger partial charge >= 0.3 is 0 Å². The minimum absolute atomic E-state index is 0.500. The molecule has 0 aromatic carbocycles. The summed E-state index contributed by atoms with van der Waals surface area (Å²) in [6.45, 7) is 6.66. The molecule has 0 saturated carbocycles. The summed E-state index contributed by atoms with van der Waals surface area (Å²) in [6, 6.07) is 0.628. The molecule has 0 amide bonds. The molecule has 0 spiro atoms. The summed E-state index contributed by atoms with van der Waals surface area (Å²) < 4.78 is 0. The van der Waals surface area contributed by atoms with Gasteiger partial charge in [0.15, 0.2) is 0 Å². The molecule has 1 unspecified atom stereocenters. The van der Waals surface area contributed by atoms with Gasteiger partial charge in [0.25, 0.3) is 0 Å². The third-order valence-electron chi connectivity index (χ3n) is 2.73. The molecule has 0 aromatic rings. The summed E-state index contributed by atoms with van der Waals surface area (Å²) in [5.74, 6) is 0. The average molecular weight is 156 g/mol. The molecule has 0 aromatic heterocycles. The van der Waals surface area contributed by atoms with Crippen LogP contribution in [0.2, 0.25) is 0 Å². The molecule has 1 heterocycles. The summed E-state index contributed by atoms with van der Waals surface area (Å²) in [6.07, 6.45) is 2.58. The standard InChI is InChI=1S/C9H20N2/c1-9(2)5-4-8(6-10)11(3)7-9/h8H,4-7,10H2,1-3H3. The van der Waals surface area contributed by atoms with Gasteiger partial charge in [0.05, 0.1) is 0 Å². The van der Waals surface area contributed by atoms with Crippen LogP contribution in [0.1, 0.15) is 26.7 Å². The number of hydrogen-bond donors (Lipinski definition) is 1. The van der Waals surface area contributed by atoms with Gasteiger partial charge in [-0.05, 0) is 25.3 Å². The van der Waals surface area contributed by atoms with Gasteiger partial charge in [-0.1, -0.05) is 13.8 Å². The summed E-state index contributed by atoms with van der Waals surface area (Å²) in [5.41, 5.74) is 6.14. The van der Waals surface area contributed by atoms with Crippen molar-refractivity contribution in [2.45, 2.75) is 32.7 Å². The van der Waals surface area contributed by atoms with Crippen molar-refractivity contribution in [2.75, 3.05) is 20.1 Å². The second-order valence-electron chi connectivity index (χ2n) is 4.51. The SMILES string of the molecule is CN1CC(C)(C)CCC1CN. The van der Waals surface area contributed by atoms with Crippen molar-refractivity contribution in [1.82, 2.24) is 4.90 Å². The van der Waals surface area contributed by atoms with E-state index in [1.807, 2.05) is 0 Å². The van der Waals surface area contributed by atoms with Crippen molar-refractivity contribution in [3.63, 3.8) is 0 Å². The molecular formula is C9H20N2. The van der Waals surface area contributed by atoms with Gasteiger partial charge in [-0.15, -0.1) is 0 Å². The summed E-state index contributed by atoms with van der Waals surface area (Å²) in [5, 5.41) is 0. The van der Waals surface area contributed by atoms with Crippen molar-refractivity contribution in [2.24, 2.45) is 11.1 Å². The van der Waals surface area contributed by atoms with Gasteiger partial charge in [-0.2, -0.15) is 0 Å². The first-order chi connectivity index (χ1) is 5.05. The highest BCUT2D eigenvalue weighted by Gasteiger charge is 2.29. The average Bonchev–Trinajstić information content (AvgIpc) is 1.86. The van der Waals surface area contributed by atoms with Gasteiger partial charge in [0.1, 0.15) is 0 Å². The van der Waals surface area contributed by atoms with Crippen LogP contribution in [0.3, 0.4) is 0 Å². The smallest absolute Gasteiger partial charge is 0.0215 e. The van der Waals surface area contributed by atoms with Gasteiger partial charge in [0.2, 0.25) is 0 Å². The zero-order chi connectivity index (χ0) is 8.48. The van der Waals surface area contributed by atoms with Crippen LogP contribution in [0, 0.1) is 5.41 Å². The van der Waals surface area contributed by atoms with E-state index >= 15 is 0 Å². The molecule has 11 heavy (non-hydrogen) atoms. The van der Waals surface area contributed by atoms with Gasteiger partial charge in [-0.25, -0.2) is 0 Å². The van der Waals surface area contributed by atoms with Crippen molar-refractivity contribution >= 4 is 0 Å². The Bertz CT molecular complexity index is 132. The Kier molecular flexibility index (Phi) is 2.55. The first kappa shape index (κ1) is 9.01. The van der Waals surface area contributed by atoms with Crippen LogP contribution in [-0.2, 0) is 0 Å². The third kappa shape index (κ3) is 2.17. The molecule has 2 nitrogen and oxygen atoms in total. The lowest BCUT2D eigenvalue weighted by atomic mass is 9.81. The van der Waals surface area contributed by atoms with Crippen LogP contribution in [-0.4, -0.2) is 31.1 Å². The quantitative estimate of drug-likeness (QED) is 0.615. The second kappa shape index (κ2) is 3.11. The number of rotatable bonds is 1. The number of likely N-dealkylation sites (tertiary alicyclic amines) is 1. The van der Waals surface area contributed by atoms with Crippen molar-refractivity contribution in [3.05, 3.63) is 0 Å². The van der Waals surface area contributed by atoms with E-state index in [0.29, 0.717) is 11.5 Å². The fourth-order valence-corrected chi connectivity index (χ4v) is 1.96. The van der Waals surface area contributed by atoms with Crippen molar-refractivity contribution < 1.29 is 0 Å². The van der Waals surface area contributed by atoms with Crippen LogP contribution in [0.5, 0.6) is 0 Å². The van der Waals surface area contributed by atoms with E-state index in [0.717, 1.165) is 6.54 Å². The minimum Gasteiger partial charge on any atom is -0.329 e. The van der Waals surface area contributed by atoms with Crippen molar-refractivity contribution in [1.29, 1.82) is 0 Å². The predicted octanol–water partition coefficient (Wildman–Crippen LogP) is 1.07. The van der Waals surface area contributed by atoms with E-state index in [2.05, 4.69) is 25.8 Å². The third-order valence-corrected chi connectivity index (χ3v) is 2.73. The van der Waals surface area contributed by atoms with Gasteiger partial charge in [0, 0.05) is 19.1 Å². The minimum atomic E-state index is 0.500. The molecule has 2 N–H and O–H groups in total. The highest BCUT2D eigenvalue weighted by molar-refractivity contribution is 4.84. The molecule has 0 aliphatic carbocycles. The molecule has 1 rings (SSSR count). The molecule has 0 radical (unpaired) electrons. The van der Waals surface area contributed by atoms with Crippen LogP contribution in [0.4, 0.5) is 0 Å². The molecule has 66 valence electrons. The van der Waals surface area contributed by atoms with E-state index in [1.165, 1.54) is 19.4 Å². The molecular weight excluding hydrogens is 136 g/mol. The largest absolute Gasteiger partial charge is 0.329 e. The number of nitrogens with two attached hydrogens (primary N) is 1. The van der Waals surface area contributed by atoms with Gasteiger partial charge < -0.3 is 10.6 Å². The zero-order valence-corrected chi connectivity index (χ0v) is 7.93. The maximum atomic E-state index is 5.64. The first-order valence-electron chi connectivity index (χ1n) is 4.45. The van der Waals surface area contributed by atoms with Crippen LogP contribution in [0.15, 0.2) is 0 Å². The van der Waals surface area contributed by atoms with E-state index in [9.17, 15) is 0 Å². The fraction of sp³-hybridized carbons (Fsp3) is 1.00. The lowest BCUT2D eigenvalue weighted by Gasteiger charge is -2.41. The highest BCUT2D eigenvalue weighted by atomic mass is 15.2.